The summed E-state index contributed by atoms with van der Waals surface area (Å²) in [7, 11) is -1.37. The number of rotatable bonds is 3. The van der Waals surface area contributed by atoms with Crippen LogP contribution in [0, 0.1) is 0 Å². The number of aryl methyl sites for hydroxylation is 2. The first-order valence-electron chi connectivity index (χ1n) is 6.93. The molecule has 1 unspecified atom stereocenters. The van der Waals surface area contributed by atoms with Crippen molar-refractivity contribution < 1.29 is 13.5 Å². The summed E-state index contributed by atoms with van der Waals surface area (Å²) >= 11 is 0. The summed E-state index contributed by atoms with van der Waals surface area (Å²) in [5.41, 5.74) is -0.584. The molecule has 0 saturated heterocycles. The van der Waals surface area contributed by atoms with Crippen molar-refractivity contribution in [1.82, 2.24) is 9.55 Å². The molecule has 1 atom stereocenters. The van der Waals surface area contributed by atoms with Crippen molar-refractivity contribution in [1.29, 1.82) is 0 Å². The number of imidazole rings is 1. The lowest BCUT2D eigenvalue weighted by atomic mass is 9.86. The second-order valence-electron chi connectivity index (χ2n) is 5.55. The van der Waals surface area contributed by atoms with Gasteiger partial charge < -0.3 is 9.67 Å². The third-order valence-corrected chi connectivity index (χ3v) is 5.96. The molecule has 1 aliphatic rings. The van der Waals surface area contributed by atoms with Gasteiger partial charge in [-0.3, -0.25) is 0 Å². The van der Waals surface area contributed by atoms with Crippen molar-refractivity contribution >= 4 is 9.84 Å². The Balaban J connectivity index is 1.93. The zero-order chi connectivity index (χ0) is 15.1. The molecule has 1 aliphatic heterocycles. The van der Waals surface area contributed by atoms with Gasteiger partial charge in [0.05, 0.1) is 16.2 Å². The molecular weight excluding hydrogens is 288 g/mol. The molecule has 1 N–H and O–H groups in total. The van der Waals surface area contributed by atoms with Gasteiger partial charge >= 0.3 is 0 Å². The number of hydrogen-bond acceptors (Lipinski definition) is 4. The minimum atomic E-state index is -3.27. The number of aliphatic hydroxyl groups is 1. The zero-order valence-corrected chi connectivity index (χ0v) is 12.7. The summed E-state index contributed by atoms with van der Waals surface area (Å²) in [5, 5.41) is 10.9. The van der Waals surface area contributed by atoms with Gasteiger partial charge in [-0.25, -0.2) is 13.4 Å². The fourth-order valence-corrected chi connectivity index (χ4v) is 4.59. The van der Waals surface area contributed by atoms with E-state index in [1.165, 1.54) is 0 Å². The van der Waals surface area contributed by atoms with Crippen molar-refractivity contribution in [3.05, 3.63) is 48.0 Å². The molecule has 0 saturated carbocycles. The van der Waals surface area contributed by atoms with Gasteiger partial charge in [0.1, 0.15) is 5.82 Å². The van der Waals surface area contributed by atoms with Crippen LogP contribution in [0.5, 0.6) is 0 Å². The molecule has 2 heterocycles. The van der Waals surface area contributed by atoms with Gasteiger partial charge in [0.25, 0.3) is 0 Å². The number of aromatic nitrogens is 2. The molecule has 0 aliphatic carbocycles. The number of sulfone groups is 1. The molecule has 0 radical (unpaired) electrons. The van der Waals surface area contributed by atoms with Crippen molar-refractivity contribution in [2.24, 2.45) is 7.05 Å². The SMILES string of the molecule is Cn1ccnc1CCC1(O)CCS(=O)(=O)c2ccccc21. The monoisotopic (exact) mass is 306 g/mol. The molecule has 112 valence electrons. The fraction of sp³-hybridized carbons (Fsp3) is 0.400. The molecule has 2 aromatic rings. The largest absolute Gasteiger partial charge is 0.385 e. The maximum absolute atomic E-state index is 12.1. The van der Waals surface area contributed by atoms with Gasteiger partial charge in [0.2, 0.25) is 0 Å². The molecule has 0 fully saturated rings. The summed E-state index contributed by atoms with van der Waals surface area (Å²) in [6.07, 6.45) is 4.88. The van der Waals surface area contributed by atoms with Gasteiger partial charge in [0.15, 0.2) is 9.84 Å². The molecule has 1 aromatic heterocycles. The topological polar surface area (TPSA) is 72.2 Å². The number of benzene rings is 1. The van der Waals surface area contributed by atoms with Crippen LogP contribution in [0.4, 0.5) is 0 Å². The highest BCUT2D eigenvalue weighted by molar-refractivity contribution is 7.91. The van der Waals surface area contributed by atoms with E-state index in [4.69, 9.17) is 0 Å². The van der Waals surface area contributed by atoms with Crippen molar-refractivity contribution in [2.75, 3.05) is 5.75 Å². The minimum Gasteiger partial charge on any atom is -0.385 e. The van der Waals surface area contributed by atoms with Crippen LogP contribution >= 0.6 is 0 Å². The van der Waals surface area contributed by atoms with Crippen LogP contribution in [0.2, 0.25) is 0 Å². The van der Waals surface area contributed by atoms with E-state index >= 15 is 0 Å². The summed E-state index contributed by atoms with van der Waals surface area (Å²) in [4.78, 5) is 4.51. The molecular formula is C15H18N2O3S. The molecule has 3 rings (SSSR count). The van der Waals surface area contributed by atoms with E-state index in [1.807, 2.05) is 17.8 Å². The van der Waals surface area contributed by atoms with Gasteiger partial charge in [-0.05, 0) is 18.9 Å². The smallest absolute Gasteiger partial charge is 0.178 e. The van der Waals surface area contributed by atoms with Crippen LogP contribution in [0.1, 0.15) is 24.2 Å². The van der Waals surface area contributed by atoms with Crippen LogP contribution in [0.25, 0.3) is 0 Å². The summed E-state index contributed by atoms with van der Waals surface area (Å²) in [5.74, 6) is 0.871. The first-order chi connectivity index (χ1) is 9.92. The summed E-state index contributed by atoms with van der Waals surface area (Å²) in [6, 6.07) is 6.76. The molecule has 6 heteroatoms. The Morgan fingerprint density at radius 2 is 2.14 bits per heavy atom. The fourth-order valence-electron chi connectivity index (χ4n) is 2.89. The highest BCUT2D eigenvalue weighted by Crippen LogP contribution is 2.39. The van der Waals surface area contributed by atoms with Crippen molar-refractivity contribution in [3.8, 4) is 0 Å². The number of nitrogens with zero attached hydrogens (tertiary/aromatic N) is 2. The maximum Gasteiger partial charge on any atom is 0.178 e. The number of fused-ring (bicyclic) bond motifs is 1. The van der Waals surface area contributed by atoms with Gasteiger partial charge in [-0.2, -0.15) is 0 Å². The lowest BCUT2D eigenvalue weighted by molar-refractivity contribution is 0.0187. The second kappa shape index (κ2) is 4.96. The Morgan fingerprint density at radius 3 is 2.86 bits per heavy atom. The van der Waals surface area contributed by atoms with E-state index in [-0.39, 0.29) is 17.1 Å². The van der Waals surface area contributed by atoms with Crippen molar-refractivity contribution in [2.45, 2.75) is 29.8 Å². The first-order valence-corrected chi connectivity index (χ1v) is 8.58. The molecule has 5 nitrogen and oxygen atoms in total. The van der Waals surface area contributed by atoms with Crippen LogP contribution in [0.3, 0.4) is 0 Å². The maximum atomic E-state index is 12.1. The van der Waals surface area contributed by atoms with Crippen LogP contribution in [-0.4, -0.2) is 28.8 Å². The van der Waals surface area contributed by atoms with Crippen LogP contribution in [0.15, 0.2) is 41.6 Å². The first kappa shape index (κ1) is 14.3. The van der Waals surface area contributed by atoms with E-state index in [0.717, 1.165) is 5.82 Å². The Kier molecular flexibility index (Phi) is 3.37. The van der Waals surface area contributed by atoms with Crippen LogP contribution < -0.4 is 0 Å². The lowest BCUT2D eigenvalue weighted by Crippen LogP contribution is -2.36. The quantitative estimate of drug-likeness (QED) is 0.931. The average Bonchev–Trinajstić information content (AvgIpc) is 2.88. The Hall–Kier alpha value is -1.66. The molecule has 21 heavy (non-hydrogen) atoms. The summed E-state index contributed by atoms with van der Waals surface area (Å²) in [6.45, 7) is 0. The lowest BCUT2D eigenvalue weighted by Gasteiger charge is -2.34. The van der Waals surface area contributed by atoms with E-state index in [9.17, 15) is 13.5 Å². The third kappa shape index (κ3) is 2.49. The van der Waals surface area contributed by atoms with E-state index in [0.29, 0.717) is 18.4 Å². The summed E-state index contributed by atoms with van der Waals surface area (Å²) < 4.78 is 26.2. The van der Waals surface area contributed by atoms with Gasteiger partial charge in [0, 0.05) is 31.4 Å². The zero-order valence-electron chi connectivity index (χ0n) is 11.9. The van der Waals surface area contributed by atoms with E-state index in [1.54, 1.807) is 30.5 Å². The van der Waals surface area contributed by atoms with E-state index < -0.39 is 15.4 Å². The Morgan fingerprint density at radius 1 is 1.38 bits per heavy atom. The molecule has 0 amide bonds. The second-order valence-corrected chi connectivity index (χ2v) is 7.63. The highest BCUT2D eigenvalue weighted by Gasteiger charge is 2.40. The predicted octanol–water partition coefficient (Wildman–Crippen LogP) is 1.42. The minimum absolute atomic E-state index is 0.0128. The molecule has 1 aromatic carbocycles. The Labute approximate surface area is 124 Å². The highest BCUT2D eigenvalue weighted by atomic mass is 32.2. The van der Waals surface area contributed by atoms with E-state index in [2.05, 4.69) is 4.98 Å². The predicted molar refractivity (Wildman–Crippen MR) is 78.5 cm³/mol. The normalized spacial score (nSPS) is 23.7. The average molecular weight is 306 g/mol. The van der Waals surface area contributed by atoms with Gasteiger partial charge in [-0.15, -0.1) is 0 Å². The molecule has 0 spiro atoms. The standard InChI is InChI=1S/C15H18N2O3S/c1-17-10-9-16-14(17)6-7-15(18)8-11-21(19,20)13-5-3-2-4-12(13)15/h2-5,9-10,18H,6-8,11H2,1H3. The van der Waals surface area contributed by atoms with Crippen LogP contribution in [-0.2, 0) is 28.9 Å². The number of hydrogen-bond donors (Lipinski definition) is 1. The van der Waals surface area contributed by atoms with Crippen molar-refractivity contribution in [3.63, 3.8) is 0 Å². The third-order valence-electron chi connectivity index (χ3n) is 4.19. The Bertz CT molecular complexity index is 767. The molecule has 0 bridgehead atoms. The van der Waals surface area contributed by atoms with Gasteiger partial charge in [-0.1, -0.05) is 18.2 Å².